The zero-order valence-corrected chi connectivity index (χ0v) is 14.4. The molecule has 3 heteroatoms. The van der Waals surface area contributed by atoms with E-state index in [0.29, 0.717) is 11.5 Å². The first kappa shape index (κ1) is 17.9. The van der Waals surface area contributed by atoms with Crippen LogP contribution in [0.5, 0.6) is 0 Å². The Hall–Kier alpha value is -0.120. The van der Waals surface area contributed by atoms with E-state index in [1.54, 1.807) is 0 Å². The summed E-state index contributed by atoms with van der Waals surface area (Å²) >= 11 is 0. The van der Waals surface area contributed by atoms with Crippen LogP contribution >= 0.6 is 0 Å². The predicted octanol–water partition coefficient (Wildman–Crippen LogP) is 3.15. The van der Waals surface area contributed by atoms with Gasteiger partial charge in [-0.15, -0.1) is 0 Å². The van der Waals surface area contributed by atoms with Gasteiger partial charge in [-0.25, -0.2) is 0 Å². The Morgan fingerprint density at radius 2 is 1.80 bits per heavy atom. The molecule has 0 bridgehead atoms. The topological polar surface area (TPSA) is 24.5 Å². The normalized spacial score (nSPS) is 19.2. The van der Waals surface area contributed by atoms with E-state index < -0.39 is 0 Å². The molecular weight excluding hydrogens is 248 g/mol. The first-order valence-corrected chi connectivity index (χ1v) is 8.51. The van der Waals surface area contributed by atoms with Gasteiger partial charge in [0.1, 0.15) is 0 Å². The van der Waals surface area contributed by atoms with Gasteiger partial charge in [-0.05, 0) is 51.0 Å². The fraction of sp³-hybridized carbons (Fsp3) is 1.00. The lowest BCUT2D eigenvalue weighted by Gasteiger charge is -2.43. The summed E-state index contributed by atoms with van der Waals surface area (Å²) in [6.07, 6.45) is 3.61. The van der Waals surface area contributed by atoms with Crippen molar-refractivity contribution in [2.24, 2.45) is 11.3 Å². The number of nitrogens with one attached hydrogen (secondary N) is 1. The summed E-state index contributed by atoms with van der Waals surface area (Å²) in [5, 5.41) is 3.66. The van der Waals surface area contributed by atoms with E-state index in [1.807, 2.05) is 0 Å². The lowest BCUT2D eigenvalue weighted by molar-refractivity contribution is -0.0114. The molecule has 120 valence electrons. The van der Waals surface area contributed by atoms with Crippen LogP contribution in [0.3, 0.4) is 0 Å². The first-order valence-electron chi connectivity index (χ1n) is 8.51. The summed E-state index contributed by atoms with van der Waals surface area (Å²) in [4.78, 5) is 2.67. The number of rotatable bonds is 9. The highest BCUT2D eigenvalue weighted by molar-refractivity contribution is 4.88. The van der Waals surface area contributed by atoms with Crippen molar-refractivity contribution in [3.63, 3.8) is 0 Å². The van der Waals surface area contributed by atoms with Crippen LogP contribution in [0, 0.1) is 11.3 Å². The van der Waals surface area contributed by atoms with Crippen molar-refractivity contribution in [3.8, 4) is 0 Å². The highest BCUT2D eigenvalue weighted by Gasteiger charge is 2.34. The molecule has 0 radical (unpaired) electrons. The molecule has 0 aliphatic carbocycles. The van der Waals surface area contributed by atoms with Crippen molar-refractivity contribution < 1.29 is 4.74 Å². The molecule has 0 spiro atoms. The fourth-order valence-electron chi connectivity index (χ4n) is 3.08. The monoisotopic (exact) mass is 284 g/mol. The van der Waals surface area contributed by atoms with Gasteiger partial charge >= 0.3 is 0 Å². The third kappa shape index (κ3) is 6.11. The summed E-state index contributed by atoms with van der Waals surface area (Å²) in [5.41, 5.74) is 0.409. The molecule has 3 nitrogen and oxygen atoms in total. The molecule has 0 amide bonds. The molecule has 0 aromatic heterocycles. The van der Waals surface area contributed by atoms with Crippen LogP contribution in [0.2, 0.25) is 0 Å². The maximum Gasteiger partial charge on any atom is 0.0472 e. The van der Waals surface area contributed by atoms with E-state index in [-0.39, 0.29) is 0 Å². The Morgan fingerprint density at radius 3 is 2.30 bits per heavy atom. The average Bonchev–Trinajstić information content (AvgIpc) is 2.39. The molecule has 0 atom stereocenters. The second-order valence-electron chi connectivity index (χ2n) is 7.21. The second kappa shape index (κ2) is 9.01. The highest BCUT2D eigenvalue weighted by atomic mass is 16.5. The van der Waals surface area contributed by atoms with Gasteiger partial charge in [0.15, 0.2) is 0 Å². The van der Waals surface area contributed by atoms with Crippen LogP contribution in [0.1, 0.15) is 53.9 Å². The van der Waals surface area contributed by atoms with Crippen molar-refractivity contribution >= 4 is 0 Å². The minimum atomic E-state index is 0.409. The van der Waals surface area contributed by atoms with E-state index in [0.717, 1.165) is 32.2 Å². The number of hydrogen-bond donors (Lipinski definition) is 1. The van der Waals surface area contributed by atoms with Crippen molar-refractivity contribution in [2.75, 3.05) is 39.4 Å². The van der Waals surface area contributed by atoms with Crippen molar-refractivity contribution in [1.29, 1.82) is 0 Å². The van der Waals surface area contributed by atoms with E-state index >= 15 is 0 Å². The van der Waals surface area contributed by atoms with Crippen LogP contribution in [0.25, 0.3) is 0 Å². The van der Waals surface area contributed by atoms with Crippen LogP contribution in [-0.4, -0.2) is 50.3 Å². The van der Waals surface area contributed by atoms with Crippen LogP contribution < -0.4 is 5.32 Å². The van der Waals surface area contributed by atoms with Gasteiger partial charge < -0.3 is 15.0 Å². The summed E-state index contributed by atoms with van der Waals surface area (Å²) < 4.78 is 5.61. The molecule has 1 fully saturated rings. The Kier molecular flexibility index (Phi) is 8.08. The third-order valence-electron chi connectivity index (χ3n) is 4.35. The number of hydrogen-bond acceptors (Lipinski definition) is 3. The lowest BCUT2D eigenvalue weighted by Crippen LogP contribution is -2.50. The zero-order chi connectivity index (χ0) is 15.0. The first-order chi connectivity index (χ1) is 9.49. The molecule has 0 aromatic carbocycles. The standard InChI is InChI=1S/C17H36N2O/c1-6-9-18-13-17(7-10-20-11-8-17)14-19(16(4)5)12-15(2)3/h15-16,18H,6-14H2,1-5H3. The molecule has 1 heterocycles. The van der Waals surface area contributed by atoms with Crippen LogP contribution in [0.4, 0.5) is 0 Å². The Bertz CT molecular complexity index is 247. The van der Waals surface area contributed by atoms with Gasteiger partial charge in [0.25, 0.3) is 0 Å². The second-order valence-corrected chi connectivity index (χ2v) is 7.21. The summed E-state index contributed by atoms with van der Waals surface area (Å²) in [6, 6.07) is 0.628. The van der Waals surface area contributed by atoms with Gasteiger partial charge in [-0.2, -0.15) is 0 Å². The SMILES string of the molecule is CCCNCC1(CN(CC(C)C)C(C)C)CCOCC1. The van der Waals surface area contributed by atoms with Crippen molar-refractivity contribution in [1.82, 2.24) is 10.2 Å². The Balaban J connectivity index is 2.65. The van der Waals surface area contributed by atoms with E-state index in [2.05, 4.69) is 44.8 Å². The highest BCUT2D eigenvalue weighted by Crippen LogP contribution is 2.32. The molecule has 0 unspecified atom stereocenters. The Labute approximate surface area is 126 Å². The largest absolute Gasteiger partial charge is 0.381 e. The summed E-state index contributed by atoms with van der Waals surface area (Å²) in [7, 11) is 0. The molecule has 0 aromatic rings. The third-order valence-corrected chi connectivity index (χ3v) is 4.35. The van der Waals surface area contributed by atoms with Gasteiger partial charge in [-0.1, -0.05) is 20.8 Å². The van der Waals surface area contributed by atoms with Crippen molar-refractivity contribution in [3.05, 3.63) is 0 Å². The van der Waals surface area contributed by atoms with Crippen molar-refractivity contribution in [2.45, 2.75) is 59.9 Å². The number of ether oxygens (including phenoxy) is 1. The average molecular weight is 284 g/mol. The molecule has 0 saturated carbocycles. The molecule has 20 heavy (non-hydrogen) atoms. The minimum absolute atomic E-state index is 0.409. The maximum absolute atomic E-state index is 5.61. The fourth-order valence-corrected chi connectivity index (χ4v) is 3.08. The van der Waals surface area contributed by atoms with E-state index in [9.17, 15) is 0 Å². The predicted molar refractivity (Wildman–Crippen MR) is 87.2 cm³/mol. The van der Waals surface area contributed by atoms with Gasteiger partial charge in [-0.3, -0.25) is 0 Å². The van der Waals surface area contributed by atoms with Gasteiger partial charge in [0.2, 0.25) is 0 Å². The molecular formula is C17H36N2O. The minimum Gasteiger partial charge on any atom is -0.381 e. The molecule has 1 rings (SSSR count). The summed E-state index contributed by atoms with van der Waals surface area (Å²) in [5.74, 6) is 0.734. The molecule has 1 N–H and O–H groups in total. The zero-order valence-electron chi connectivity index (χ0n) is 14.4. The lowest BCUT2D eigenvalue weighted by atomic mass is 9.79. The molecule has 1 saturated heterocycles. The molecule has 1 aliphatic heterocycles. The quantitative estimate of drug-likeness (QED) is 0.658. The Morgan fingerprint density at radius 1 is 1.15 bits per heavy atom. The van der Waals surface area contributed by atoms with Gasteiger partial charge in [0, 0.05) is 38.9 Å². The maximum atomic E-state index is 5.61. The molecule has 1 aliphatic rings. The summed E-state index contributed by atoms with van der Waals surface area (Å²) in [6.45, 7) is 18.1. The van der Waals surface area contributed by atoms with E-state index in [1.165, 1.54) is 32.4 Å². The van der Waals surface area contributed by atoms with Crippen LogP contribution in [-0.2, 0) is 4.74 Å². The number of nitrogens with zero attached hydrogens (tertiary/aromatic N) is 1. The van der Waals surface area contributed by atoms with Gasteiger partial charge in [0.05, 0.1) is 0 Å². The smallest absolute Gasteiger partial charge is 0.0472 e. The van der Waals surface area contributed by atoms with Crippen LogP contribution in [0.15, 0.2) is 0 Å². The van der Waals surface area contributed by atoms with E-state index in [4.69, 9.17) is 4.74 Å².